The van der Waals surface area contributed by atoms with E-state index in [1.807, 2.05) is 72.8 Å². The summed E-state index contributed by atoms with van der Waals surface area (Å²) in [5.41, 5.74) is 32.4. The van der Waals surface area contributed by atoms with Crippen molar-refractivity contribution in [2.75, 3.05) is 13.1 Å². The van der Waals surface area contributed by atoms with E-state index in [9.17, 15) is 24.3 Å². The Bertz CT molecular complexity index is 2670. The van der Waals surface area contributed by atoms with E-state index in [1.165, 1.54) is 0 Å². The summed E-state index contributed by atoms with van der Waals surface area (Å²) in [4.78, 5) is 83.4. The molecule has 0 saturated heterocycles. The number of aromatic nitrogens is 1. The zero-order chi connectivity index (χ0) is 50.7. The number of hydrogen-bond acceptors (Lipinski definition) is 8. The molecule has 5 atom stereocenters. The SMILES string of the molecule is NC(N)=NCCC[C@H](NC(=O)[C@@H](N)CCCN=C(N)N)C(=O)N[C@H](C(=O)N[C@@H](Cc1c[nH]c2ccccc12)C(=O)N[C@H](C(=O)O)C(c1ccccc1)c1ccccc1)C(c1ccccc1)c1ccccc1. The fourth-order valence-corrected chi connectivity index (χ4v) is 8.58. The van der Waals surface area contributed by atoms with E-state index < -0.39 is 71.6 Å². The standard InChI is InChI=1S/C53H62N12O6/c54-39(26-15-29-59-52(55)56)47(66)62-41(28-16-30-60-53(57)58)48(67)64-45(43(33-17-5-1-6-18-33)34-19-7-2-8-20-34)50(69)63-42(31-37-32-61-40-27-14-13-25-38(37)40)49(68)65-46(51(70)71)44(35-21-9-3-10-22-35)36-23-11-4-12-24-36/h1-14,17-25,27,32,39,41-46,61H,15-16,26,28-31,54H2,(H,62,66)(H,63,69)(H,64,67)(H,65,68)(H,70,71)(H4,55,56,59)(H4,57,58,60)/t39-,41-,42-,45-,46-/m0/s1. The van der Waals surface area contributed by atoms with Gasteiger partial charge in [-0.1, -0.05) is 140 Å². The van der Waals surface area contributed by atoms with Crippen molar-refractivity contribution in [2.24, 2.45) is 38.7 Å². The smallest absolute Gasteiger partial charge is 0.327 e. The largest absolute Gasteiger partial charge is 0.480 e. The van der Waals surface area contributed by atoms with Gasteiger partial charge in [0.25, 0.3) is 0 Å². The molecule has 0 radical (unpaired) electrons. The van der Waals surface area contributed by atoms with Crippen LogP contribution in [0.4, 0.5) is 0 Å². The number of carbonyl (C=O) groups is 5. The van der Waals surface area contributed by atoms with Crippen LogP contribution in [-0.2, 0) is 30.4 Å². The van der Waals surface area contributed by atoms with Gasteiger partial charge in [-0.25, -0.2) is 4.79 Å². The first-order chi connectivity index (χ1) is 34.3. The molecule has 71 heavy (non-hydrogen) atoms. The second-order valence-corrected chi connectivity index (χ2v) is 17.1. The third kappa shape index (κ3) is 14.7. The zero-order valence-electron chi connectivity index (χ0n) is 39.2. The van der Waals surface area contributed by atoms with Crippen LogP contribution in [0.3, 0.4) is 0 Å². The minimum Gasteiger partial charge on any atom is -0.480 e. The van der Waals surface area contributed by atoms with E-state index in [-0.39, 0.29) is 50.7 Å². The molecule has 16 N–H and O–H groups in total. The van der Waals surface area contributed by atoms with Gasteiger partial charge in [0.2, 0.25) is 23.6 Å². The Balaban J connectivity index is 1.40. The highest BCUT2D eigenvalue weighted by atomic mass is 16.4. The number of para-hydroxylation sites is 1. The number of carbonyl (C=O) groups excluding carboxylic acids is 4. The van der Waals surface area contributed by atoms with Crippen molar-refractivity contribution in [3.63, 3.8) is 0 Å². The van der Waals surface area contributed by atoms with Crippen LogP contribution in [0.25, 0.3) is 10.9 Å². The summed E-state index contributed by atoms with van der Waals surface area (Å²) in [6.45, 7) is 0.365. The topological polar surface area (TPSA) is 324 Å². The number of benzene rings is 5. The molecule has 5 aromatic carbocycles. The molecule has 1 aromatic heterocycles. The van der Waals surface area contributed by atoms with Crippen LogP contribution >= 0.6 is 0 Å². The number of fused-ring (bicyclic) bond motifs is 1. The molecular formula is C53H62N12O6. The van der Waals surface area contributed by atoms with Crippen molar-refractivity contribution in [2.45, 2.75) is 74.1 Å². The Kier molecular flexibility index (Phi) is 18.8. The summed E-state index contributed by atoms with van der Waals surface area (Å²) in [5.74, 6) is -6.16. The van der Waals surface area contributed by atoms with Crippen LogP contribution in [-0.4, -0.2) is 94.9 Å². The lowest BCUT2D eigenvalue weighted by atomic mass is 9.84. The quantitative estimate of drug-likeness (QED) is 0.0225. The Morgan fingerprint density at radius 3 is 1.42 bits per heavy atom. The second kappa shape index (κ2) is 25.7. The Morgan fingerprint density at radius 1 is 0.507 bits per heavy atom. The number of guanidine groups is 2. The minimum atomic E-state index is -1.49. The van der Waals surface area contributed by atoms with Gasteiger partial charge in [-0.3, -0.25) is 29.2 Å². The highest BCUT2D eigenvalue weighted by Gasteiger charge is 2.39. The van der Waals surface area contributed by atoms with Gasteiger partial charge in [0, 0.05) is 48.4 Å². The van der Waals surface area contributed by atoms with Crippen molar-refractivity contribution in [3.05, 3.63) is 180 Å². The first kappa shape index (κ1) is 51.9. The lowest BCUT2D eigenvalue weighted by Crippen LogP contribution is -2.60. The number of aromatic amines is 1. The van der Waals surface area contributed by atoms with E-state index >= 15 is 4.79 Å². The molecule has 0 spiro atoms. The Morgan fingerprint density at radius 2 is 0.930 bits per heavy atom. The fraction of sp³-hybridized carbons (Fsp3) is 0.264. The van der Waals surface area contributed by atoms with Crippen molar-refractivity contribution in [1.82, 2.24) is 26.3 Å². The first-order valence-electron chi connectivity index (χ1n) is 23.4. The highest BCUT2D eigenvalue weighted by Crippen LogP contribution is 2.31. The van der Waals surface area contributed by atoms with Crippen molar-refractivity contribution < 1.29 is 29.1 Å². The predicted molar refractivity (Wildman–Crippen MR) is 275 cm³/mol. The molecular weight excluding hydrogens is 901 g/mol. The zero-order valence-corrected chi connectivity index (χ0v) is 39.2. The summed E-state index contributed by atoms with van der Waals surface area (Å²) in [7, 11) is 0. The number of nitrogens with two attached hydrogens (primary N) is 5. The van der Waals surface area contributed by atoms with Gasteiger partial charge >= 0.3 is 5.97 Å². The van der Waals surface area contributed by atoms with Gasteiger partial charge < -0.3 is 60.0 Å². The molecule has 1 heterocycles. The maximum Gasteiger partial charge on any atom is 0.327 e. The predicted octanol–water partition coefficient (Wildman–Crippen LogP) is 2.83. The molecule has 6 rings (SSSR count). The van der Waals surface area contributed by atoms with Crippen LogP contribution in [0.2, 0.25) is 0 Å². The number of aliphatic imine (C=N–C) groups is 2. The minimum absolute atomic E-state index is 0.0386. The average Bonchev–Trinajstić information content (AvgIpc) is 3.78. The number of nitrogens with zero attached hydrogens (tertiary/aromatic N) is 2. The molecule has 0 unspecified atom stereocenters. The van der Waals surface area contributed by atoms with Crippen molar-refractivity contribution in [1.29, 1.82) is 0 Å². The van der Waals surface area contributed by atoms with Gasteiger partial charge in [-0.15, -0.1) is 0 Å². The van der Waals surface area contributed by atoms with E-state index in [0.717, 1.165) is 10.9 Å². The number of carboxylic acids is 1. The monoisotopic (exact) mass is 962 g/mol. The Labute approximate surface area is 412 Å². The van der Waals surface area contributed by atoms with Crippen LogP contribution in [0, 0.1) is 0 Å². The summed E-state index contributed by atoms with van der Waals surface area (Å²) in [6, 6.07) is 37.0. The number of rotatable bonds is 25. The summed E-state index contributed by atoms with van der Waals surface area (Å²) in [6.07, 6.45) is 2.52. The molecule has 0 aliphatic carbocycles. The normalized spacial score (nSPS) is 13.2. The third-order valence-electron chi connectivity index (χ3n) is 12.1. The van der Waals surface area contributed by atoms with Gasteiger partial charge in [-0.2, -0.15) is 0 Å². The van der Waals surface area contributed by atoms with Crippen LogP contribution in [0.15, 0.2) is 162 Å². The van der Waals surface area contributed by atoms with Crippen molar-refractivity contribution in [3.8, 4) is 0 Å². The fourth-order valence-electron chi connectivity index (χ4n) is 8.58. The lowest BCUT2D eigenvalue weighted by Gasteiger charge is -2.32. The maximum absolute atomic E-state index is 15.4. The van der Waals surface area contributed by atoms with E-state index in [4.69, 9.17) is 28.7 Å². The number of hydrogen-bond donors (Lipinski definition) is 11. The molecule has 18 heteroatoms. The number of carboxylic acid groups (broad SMARTS) is 1. The lowest BCUT2D eigenvalue weighted by molar-refractivity contribution is -0.142. The maximum atomic E-state index is 15.4. The van der Waals surface area contributed by atoms with E-state index in [2.05, 4.69) is 36.2 Å². The molecule has 4 amide bonds. The molecule has 370 valence electrons. The van der Waals surface area contributed by atoms with Gasteiger partial charge in [0.05, 0.1) is 6.04 Å². The third-order valence-corrected chi connectivity index (χ3v) is 12.1. The molecule has 0 bridgehead atoms. The summed E-state index contributed by atoms with van der Waals surface area (Å²) in [5, 5.41) is 23.2. The highest BCUT2D eigenvalue weighted by molar-refractivity contribution is 5.97. The average molecular weight is 963 g/mol. The molecule has 0 fully saturated rings. The van der Waals surface area contributed by atoms with Gasteiger partial charge in [0.15, 0.2) is 11.9 Å². The number of nitrogens with one attached hydrogen (secondary N) is 5. The van der Waals surface area contributed by atoms with Gasteiger partial charge in [-0.05, 0) is 59.6 Å². The van der Waals surface area contributed by atoms with E-state index in [1.54, 1.807) is 79.0 Å². The molecule has 18 nitrogen and oxygen atoms in total. The summed E-state index contributed by atoms with van der Waals surface area (Å²) < 4.78 is 0. The van der Waals surface area contributed by atoms with Crippen LogP contribution in [0.1, 0.15) is 65.3 Å². The first-order valence-corrected chi connectivity index (χ1v) is 23.4. The van der Waals surface area contributed by atoms with E-state index in [0.29, 0.717) is 34.2 Å². The summed E-state index contributed by atoms with van der Waals surface area (Å²) >= 11 is 0. The van der Waals surface area contributed by atoms with Crippen LogP contribution < -0.4 is 49.9 Å². The number of amides is 4. The second-order valence-electron chi connectivity index (χ2n) is 17.1. The number of H-pyrrole nitrogens is 1. The van der Waals surface area contributed by atoms with Gasteiger partial charge in [0.1, 0.15) is 24.2 Å². The molecule has 0 aliphatic heterocycles. The molecule has 6 aromatic rings. The number of aliphatic carboxylic acids is 1. The van der Waals surface area contributed by atoms with Crippen LogP contribution in [0.5, 0.6) is 0 Å². The van der Waals surface area contributed by atoms with Crippen molar-refractivity contribution >= 4 is 52.4 Å². The molecule has 0 aliphatic rings. The molecule has 0 saturated carbocycles. The Hall–Kier alpha value is -8.51.